The highest BCUT2D eigenvalue weighted by Gasteiger charge is 2.29. The van der Waals surface area contributed by atoms with Crippen molar-refractivity contribution in [1.82, 2.24) is 14.8 Å². The van der Waals surface area contributed by atoms with Crippen molar-refractivity contribution >= 4 is 11.8 Å². The number of thioether (sulfide) groups is 1. The van der Waals surface area contributed by atoms with Crippen LogP contribution in [0.3, 0.4) is 0 Å². The van der Waals surface area contributed by atoms with Gasteiger partial charge in [0.2, 0.25) is 0 Å². The van der Waals surface area contributed by atoms with Crippen molar-refractivity contribution in [1.29, 1.82) is 0 Å². The lowest BCUT2D eigenvalue weighted by Crippen LogP contribution is -2.30. The van der Waals surface area contributed by atoms with Crippen LogP contribution >= 0.6 is 11.8 Å². The number of hydrogen-bond acceptors (Lipinski definition) is 4. The Morgan fingerprint density at radius 2 is 1.73 bits per heavy atom. The van der Waals surface area contributed by atoms with Crippen molar-refractivity contribution in [2.45, 2.75) is 17.1 Å². The van der Waals surface area contributed by atoms with Gasteiger partial charge in [0.25, 0.3) is 5.56 Å². The van der Waals surface area contributed by atoms with Crippen molar-refractivity contribution in [3.63, 3.8) is 0 Å². The predicted molar refractivity (Wildman–Crippen MR) is 86.5 cm³/mol. The van der Waals surface area contributed by atoms with Crippen LogP contribution in [-0.2, 0) is 0 Å². The van der Waals surface area contributed by atoms with Gasteiger partial charge in [-0.2, -0.15) is 0 Å². The Labute approximate surface area is 131 Å². The van der Waals surface area contributed by atoms with Crippen LogP contribution in [0, 0.1) is 6.92 Å². The minimum Gasteiger partial charge on any atom is -0.267 e. The van der Waals surface area contributed by atoms with Crippen molar-refractivity contribution in [3.05, 3.63) is 82.0 Å². The van der Waals surface area contributed by atoms with Crippen LogP contribution in [0.15, 0.2) is 64.3 Å². The van der Waals surface area contributed by atoms with Crippen LogP contribution in [0.25, 0.3) is 5.69 Å². The van der Waals surface area contributed by atoms with E-state index in [9.17, 15) is 4.79 Å². The van der Waals surface area contributed by atoms with Gasteiger partial charge in [0, 0.05) is 4.90 Å². The Bertz CT molecular complexity index is 905. The molecule has 22 heavy (non-hydrogen) atoms. The monoisotopic (exact) mass is 307 g/mol. The molecule has 0 saturated heterocycles. The number of aromatic nitrogens is 3. The molecule has 3 aromatic rings. The van der Waals surface area contributed by atoms with Crippen molar-refractivity contribution < 1.29 is 0 Å². The summed E-state index contributed by atoms with van der Waals surface area (Å²) in [6.45, 7) is 1.70. The highest BCUT2D eigenvalue weighted by Crippen LogP contribution is 2.45. The van der Waals surface area contributed by atoms with Crippen LogP contribution in [-0.4, -0.2) is 14.8 Å². The van der Waals surface area contributed by atoms with E-state index in [0.29, 0.717) is 11.5 Å². The Hall–Kier alpha value is -2.40. The first-order valence-corrected chi connectivity index (χ1v) is 7.91. The molecule has 0 radical (unpaired) electrons. The van der Waals surface area contributed by atoms with Gasteiger partial charge in [-0.15, -0.1) is 22.0 Å². The molecular formula is C17H13N3OS. The molecule has 1 aromatic heterocycles. The van der Waals surface area contributed by atoms with Crippen LogP contribution in [0.2, 0.25) is 0 Å². The van der Waals surface area contributed by atoms with E-state index >= 15 is 0 Å². The van der Waals surface area contributed by atoms with E-state index in [2.05, 4.69) is 22.3 Å². The zero-order valence-electron chi connectivity index (χ0n) is 11.9. The van der Waals surface area contributed by atoms with Gasteiger partial charge < -0.3 is 0 Å². The van der Waals surface area contributed by atoms with Crippen LogP contribution in [0.1, 0.15) is 22.3 Å². The molecule has 2 heterocycles. The summed E-state index contributed by atoms with van der Waals surface area (Å²) in [6, 6.07) is 18.0. The third-order valence-electron chi connectivity index (χ3n) is 3.73. The summed E-state index contributed by atoms with van der Waals surface area (Å²) in [7, 11) is 0. The molecule has 0 saturated carbocycles. The average molecular weight is 307 g/mol. The predicted octanol–water partition coefficient (Wildman–Crippen LogP) is 3.13. The lowest BCUT2D eigenvalue weighted by molar-refractivity contribution is 0.723. The number of rotatable bonds is 1. The van der Waals surface area contributed by atoms with Crippen LogP contribution < -0.4 is 5.56 Å². The second-order valence-corrected chi connectivity index (χ2v) is 6.31. The summed E-state index contributed by atoms with van der Waals surface area (Å²) in [6.07, 6.45) is 0. The molecule has 0 N–H and O–H groups in total. The van der Waals surface area contributed by atoms with E-state index in [4.69, 9.17) is 0 Å². The molecular weight excluding hydrogens is 294 g/mol. The molecule has 1 aliphatic heterocycles. The third-order valence-corrected chi connectivity index (χ3v) is 5.05. The molecule has 5 heteroatoms. The molecule has 0 spiro atoms. The summed E-state index contributed by atoms with van der Waals surface area (Å²) in [4.78, 5) is 13.7. The fraction of sp³-hybridized carbons (Fsp3) is 0.118. The molecule has 108 valence electrons. The van der Waals surface area contributed by atoms with E-state index in [1.165, 1.54) is 0 Å². The van der Waals surface area contributed by atoms with Gasteiger partial charge in [-0.25, -0.2) is 0 Å². The minimum atomic E-state index is -0.0984. The molecule has 1 unspecified atom stereocenters. The summed E-state index contributed by atoms with van der Waals surface area (Å²) >= 11 is 1.71. The Kier molecular flexibility index (Phi) is 3.08. The van der Waals surface area contributed by atoms with E-state index in [0.717, 1.165) is 16.1 Å². The molecule has 0 aliphatic carbocycles. The first kappa shape index (κ1) is 13.3. The largest absolute Gasteiger partial charge is 0.279 e. The molecule has 0 amide bonds. The van der Waals surface area contributed by atoms with E-state index in [-0.39, 0.29) is 10.8 Å². The first-order valence-electron chi connectivity index (χ1n) is 7.03. The molecule has 0 bridgehead atoms. The summed E-state index contributed by atoms with van der Waals surface area (Å²) in [5.41, 5.74) is 2.32. The Balaban J connectivity index is 2.02. The SMILES string of the molecule is Cc1nnc2n(c1=O)-c1ccccc1SC2c1ccccc1. The number of nitrogens with zero attached hydrogens (tertiary/aromatic N) is 3. The Morgan fingerprint density at radius 1 is 1.00 bits per heavy atom. The first-order chi connectivity index (χ1) is 10.8. The van der Waals surface area contributed by atoms with Crippen molar-refractivity contribution in [3.8, 4) is 5.69 Å². The lowest BCUT2D eigenvalue weighted by Gasteiger charge is -2.27. The smallest absolute Gasteiger partial charge is 0.267 e. The van der Waals surface area contributed by atoms with E-state index in [1.54, 1.807) is 23.3 Å². The molecule has 4 nitrogen and oxygen atoms in total. The Morgan fingerprint density at radius 3 is 2.55 bits per heavy atom. The summed E-state index contributed by atoms with van der Waals surface area (Å²) in [5.74, 6) is 0.686. The van der Waals surface area contributed by atoms with Crippen molar-refractivity contribution in [2.75, 3.05) is 0 Å². The molecule has 1 aliphatic rings. The van der Waals surface area contributed by atoms with Crippen LogP contribution in [0.4, 0.5) is 0 Å². The van der Waals surface area contributed by atoms with Gasteiger partial charge >= 0.3 is 0 Å². The number of aryl methyl sites for hydroxylation is 1. The van der Waals surface area contributed by atoms with Gasteiger partial charge in [-0.1, -0.05) is 42.5 Å². The van der Waals surface area contributed by atoms with E-state index in [1.807, 2.05) is 42.5 Å². The molecule has 4 rings (SSSR count). The average Bonchev–Trinajstić information content (AvgIpc) is 2.58. The highest BCUT2D eigenvalue weighted by molar-refractivity contribution is 7.99. The fourth-order valence-electron chi connectivity index (χ4n) is 2.65. The third kappa shape index (κ3) is 1.97. The highest BCUT2D eigenvalue weighted by atomic mass is 32.2. The maximum atomic E-state index is 12.6. The van der Waals surface area contributed by atoms with Crippen molar-refractivity contribution in [2.24, 2.45) is 0 Å². The maximum Gasteiger partial charge on any atom is 0.279 e. The molecule has 2 aromatic carbocycles. The van der Waals surface area contributed by atoms with Crippen LogP contribution in [0.5, 0.6) is 0 Å². The maximum absolute atomic E-state index is 12.6. The quantitative estimate of drug-likeness (QED) is 0.693. The van der Waals surface area contributed by atoms with Gasteiger partial charge in [0.1, 0.15) is 5.69 Å². The van der Waals surface area contributed by atoms with Gasteiger partial charge in [0.15, 0.2) is 5.82 Å². The zero-order valence-corrected chi connectivity index (χ0v) is 12.7. The minimum absolute atomic E-state index is 0.0306. The second-order valence-electron chi connectivity index (χ2n) is 5.16. The number of hydrogen-bond donors (Lipinski definition) is 0. The zero-order chi connectivity index (χ0) is 15.1. The van der Waals surface area contributed by atoms with Gasteiger partial charge in [0.05, 0.1) is 10.9 Å². The lowest BCUT2D eigenvalue weighted by atomic mass is 10.1. The number of para-hydroxylation sites is 1. The fourth-order valence-corrected chi connectivity index (χ4v) is 3.89. The summed E-state index contributed by atoms with van der Waals surface area (Å²) < 4.78 is 1.70. The standard InChI is InChI=1S/C17H13N3OS/c1-11-17(21)20-13-9-5-6-10-14(13)22-15(16(20)19-18-11)12-7-3-2-4-8-12/h2-10,15H,1H3. The molecule has 1 atom stereocenters. The summed E-state index contributed by atoms with van der Waals surface area (Å²) in [5, 5.41) is 8.34. The topological polar surface area (TPSA) is 47.8 Å². The molecule has 0 fully saturated rings. The second kappa shape index (κ2) is 5.10. The number of benzene rings is 2. The van der Waals surface area contributed by atoms with E-state index < -0.39 is 0 Å². The number of fused-ring (bicyclic) bond motifs is 3. The van der Waals surface area contributed by atoms with Gasteiger partial charge in [-0.3, -0.25) is 9.36 Å². The van der Waals surface area contributed by atoms with Gasteiger partial charge in [-0.05, 0) is 24.6 Å². The normalized spacial score (nSPS) is 16.0.